The number of thioether (sulfide) groups is 1. The van der Waals surface area contributed by atoms with Crippen LogP contribution in [0.3, 0.4) is 0 Å². The van der Waals surface area contributed by atoms with E-state index in [4.69, 9.17) is 23.2 Å². The number of nitrogens with one attached hydrogen (secondary N) is 1. The maximum atomic E-state index is 13.1. The topological polar surface area (TPSA) is 133 Å². The summed E-state index contributed by atoms with van der Waals surface area (Å²) in [4.78, 5) is 35.8. The molecule has 3 aromatic rings. The van der Waals surface area contributed by atoms with E-state index in [1.54, 1.807) is 18.2 Å². The van der Waals surface area contributed by atoms with Gasteiger partial charge in [-0.25, -0.2) is 13.2 Å². The van der Waals surface area contributed by atoms with Gasteiger partial charge in [-0.3, -0.25) is 14.9 Å². The molecule has 0 bridgehead atoms. The molecule has 4 rings (SSSR count). The highest BCUT2D eigenvalue weighted by Gasteiger charge is 2.26. The number of hydrogen-bond acceptors (Lipinski definition) is 8. The molecule has 0 aromatic heterocycles. The maximum Gasteiger partial charge on any atom is 0.338 e. The summed E-state index contributed by atoms with van der Waals surface area (Å²) in [6.45, 7) is 0. The Balaban J connectivity index is 1.69. The van der Waals surface area contributed by atoms with Gasteiger partial charge in [-0.15, -0.1) is 0 Å². The molecule has 1 heterocycles. The second-order valence-corrected chi connectivity index (χ2v) is 11.6. The molecule has 3 aromatic carbocycles. The highest BCUT2D eigenvalue weighted by atomic mass is 35.5. The van der Waals surface area contributed by atoms with Crippen LogP contribution >= 0.6 is 35.0 Å². The standard InChI is InChI=1S/C24H16Cl2N2O7S2/c1-35-24(30)14-6-5-13(20(9-14)28(31)32)10-22-23(29)27-19-8-7-15(11-21(19)36-22)37(33,34)12-16-17(25)3-2-4-18(16)26/h2-11H,12H2,1H3,(H,27,29)/b22-10+. The first-order valence-electron chi connectivity index (χ1n) is 10.4. The van der Waals surface area contributed by atoms with Crippen molar-refractivity contribution in [3.8, 4) is 0 Å². The number of methoxy groups -OCH3 is 1. The molecule has 0 aliphatic carbocycles. The fraction of sp³-hybridized carbons (Fsp3) is 0.0833. The Hall–Kier alpha value is -3.38. The van der Waals surface area contributed by atoms with Crippen LogP contribution in [0.1, 0.15) is 21.5 Å². The molecule has 1 aliphatic rings. The number of anilines is 1. The van der Waals surface area contributed by atoms with Crippen molar-refractivity contribution in [2.75, 3.05) is 12.4 Å². The maximum absolute atomic E-state index is 13.1. The molecule has 0 radical (unpaired) electrons. The summed E-state index contributed by atoms with van der Waals surface area (Å²) in [5, 5.41) is 14.7. The zero-order chi connectivity index (χ0) is 26.9. The number of rotatable bonds is 6. The van der Waals surface area contributed by atoms with Crippen molar-refractivity contribution in [3.63, 3.8) is 0 Å². The number of amides is 1. The molecule has 190 valence electrons. The molecule has 0 saturated carbocycles. The molecule has 0 unspecified atom stereocenters. The number of benzene rings is 3. The summed E-state index contributed by atoms with van der Waals surface area (Å²) >= 11 is 13.2. The van der Waals surface area contributed by atoms with Crippen LogP contribution in [0, 0.1) is 10.1 Å². The van der Waals surface area contributed by atoms with E-state index in [1.165, 1.54) is 36.4 Å². The van der Waals surface area contributed by atoms with Gasteiger partial charge in [0.1, 0.15) is 0 Å². The van der Waals surface area contributed by atoms with Crippen LogP contribution in [-0.4, -0.2) is 32.3 Å². The van der Waals surface area contributed by atoms with Crippen molar-refractivity contribution >= 4 is 74.1 Å². The number of nitro groups is 1. The first-order valence-corrected chi connectivity index (χ1v) is 13.6. The van der Waals surface area contributed by atoms with E-state index < -0.39 is 38.1 Å². The molecule has 1 aliphatic heterocycles. The second-order valence-electron chi connectivity index (χ2n) is 7.70. The number of hydrogen-bond donors (Lipinski definition) is 1. The summed E-state index contributed by atoms with van der Waals surface area (Å²) in [5.41, 5.74) is 0.319. The first-order chi connectivity index (χ1) is 17.5. The Labute approximate surface area is 225 Å². The van der Waals surface area contributed by atoms with Gasteiger partial charge in [0.05, 0.1) is 44.4 Å². The van der Waals surface area contributed by atoms with Gasteiger partial charge in [-0.05, 0) is 48.5 Å². The lowest BCUT2D eigenvalue weighted by molar-refractivity contribution is -0.385. The van der Waals surface area contributed by atoms with Crippen LogP contribution in [0.2, 0.25) is 10.0 Å². The fourth-order valence-electron chi connectivity index (χ4n) is 3.48. The number of halogens is 2. The van der Waals surface area contributed by atoms with Gasteiger partial charge in [-0.1, -0.05) is 41.0 Å². The predicted molar refractivity (Wildman–Crippen MR) is 141 cm³/mol. The van der Waals surface area contributed by atoms with E-state index in [-0.39, 0.29) is 36.5 Å². The number of esters is 1. The molecule has 0 fully saturated rings. The van der Waals surface area contributed by atoms with Gasteiger partial charge in [-0.2, -0.15) is 0 Å². The van der Waals surface area contributed by atoms with Crippen LogP contribution in [0.4, 0.5) is 11.4 Å². The van der Waals surface area contributed by atoms with Crippen LogP contribution in [0.25, 0.3) is 6.08 Å². The number of nitro benzene ring substituents is 1. The van der Waals surface area contributed by atoms with Crippen molar-refractivity contribution in [2.24, 2.45) is 0 Å². The SMILES string of the molecule is COC(=O)c1ccc(/C=C2/Sc3cc(S(=O)(=O)Cc4c(Cl)cccc4Cl)ccc3NC2=O)c([N+](=O)[O-])c1. The monoisotopic (exact) mass is 578 g/mol. The van der Waals surface area contributed by atoms with Crippen LogP contribution in [0.5, 0.6) is 0 Å². The van der Waals surface area contributed by atoms with E-state index in [0.717, 1.165) is 24.9 Å². The molecule has 1 amide bonds. The van der Waals surface area contributed by atoms with Crippen LogP contribution < -0.4 is 5.32 Å². The molecule has 13 heteroatoms. The van der Waals surface area contributed by atoms with Gasteiger partial charge in [0.25, 0.3) is 11.6 Å². The number of sulfone groups is 1. The molecule has 9 nitrogen and oxygen atoms in total. The largest absolute Gasteiger partial charge is 0.465 e. The number of carbonyl (C=O) groups excluding carboxylic acids is 2. The lowest BCUT2D eigenvalue weighted by Crippen LogP contribution is -2.18. The molecule has 0 spiro atoms. The van der Waals surface area contributed by atoms with E-state index in [0.29, 0.717) is 10.6 Å². The Morgan fingerprint density at radius 1 is 1.14 bits per heavy atom. The minimum atomic E-state index is -3.86. The Bertz CT molecular complexity index is 1580. The molecule has 37 heavy (non-hydrogen) atoms. The van der Waals surface area contributed by atoms with E-state index in [9.17, 15) is 28.1 Å². The number of ether oxygens (including phenoxy) is 1. The Morgan fingerprint density at radius 3 is 2.49 bits per heavy atom. The second kappa shape index (κ2) is 10.5. The minimum Gasteiger partial charge on any atom is -0.465 e. The minimum absolute atomic E-state index is 0.0151. The summed E-state index contributed by atoms with van der Waals surface area (Å²) < 4.78 is 30.8. The zero-order valence-electron chi connectivity index (χ0n) is 18.9. The zero-order valence-corrected chi connectivity index (χ0v) is 22.0. The van der Waals surface area contributed by atoms with Crippen molar-refractivity contribution in [1.82, 2.24) is 0 Å². The fourth-order valence-corrected chi connectivity index (χ4v) is 6.66. The summed E-state index contributed by atoms with van der Waals surface area (Å²) in [6, 6.07) is 12.7. The molecule has 1 N–H and O–H groups in total. The van der Waals surface area contributed by atoms with Gasteiger partial charge in [0, 0.05) is 26.6 Å². The number of fused-ring (bicyclic) bond motifs is 1. The third-order valence-corrected chi connectivity index (χ3v) is 8.76. The third kappa shape index (κ3) is 5.64. The number of nitrogens with zero attached hydrogens (tertiary/aromatic N) is 1. The summed E-state index contributed by atoms with van der Waals surface area (Å²) in [5.74, 6) is -1.70. The molecular weight excluding hydrogens is 563 g/mol. The van der Waals surface area contributed by atoms with Gasteiger partial charge in [0.15, 0.2) is 9.84 Å². The lowest BCUT2D eigenvalue weighted by atomic mass is 10.1. The highest BCUT2D eigenvalue weighted by Crippen LogP contribution is 2.41. The van der Waals surface area contributed by atoms with Crippen molar-refractivity contribution in [2.45, 2.75) is 15.5 Å². The summed E-state index contributed by atoms with van der Waals surface area (Å²) in [7, 11) is -2.71. The van der Waals surface area contributed by atoms with E-state index in [1.807, 2.05) is 0 Å². The molecular formula is C24H16Cl2N2O7S2. The Morgan fingerprint density at radius 2 is 1.84 bits per heavy atom. The van der Waals surface area contributed by atoms with E-state index >= 15 is 0 Å². The Kier molecular flexibility index (Phi) is 7.60. The quantitative estimate of drug-likeness (QED) is 0.169. The van der Waals surface area contributed by atoms with Crippen LogP contribution in [0.15, 0.2) is 69.3 Å². The van der Waals surface area contributed by atoms with Gasteiger partial charge >= 0.3 is 5.97 Å². The first kappa shape index (κ1) is 26.7. The van der Waals surface area contributed by atoms with Gasteiger partial charge in [0.2, 0.25) is 0 Å². The normalized spacial score (nSPS) is 14.1. The lowest BCUT2D eigenvalue weighted by Gasteiger charge is -2.19. The number of carbonyl (C=O) groups is 2. The van der Waals surface area contributed by atoms with Crippen molar-refractivity contribution < 1.29 is 27.7 Å². The summed E-state index contributed by atoms with van der Waals surface area (Å²) in [6.07, 6.45) is 1.30. The molecule has 0 saturated heterocycles. The van der Waals surface area contributed by atoms with E-state index in [2.05, 4.69) is 10.1 Å². The van der Waals surface area contributed by atoms with Crippen molar-refractivity contribution in [1.29, 1.82) is 0 Å². The molecule has 0 atom stereocenters. The van der Waals surface area contributed by atoms with Crippen molar-refractivity contribution in [3.05, 3.63) is 96.4 Å². The smallest absolute Gasteiger partial charge is 0.338 e. The third-order valence-electron chi connectivity index (χ3n) is 5.33. The highest BCUT2D eigenvalue weighted by molar-refractivity contribution is 8.04. The average molecular weight is 579 g/mol. The van der Waals surface area contributed by atoms with Crippen LogP contribution in [-0.2, 0) is 25.1 Å². The predicted octanol–water partition coefficient (Wildman–Crippen LogP) is 5.75. The van der Waals surface area contributed by atoms with Gasteiger partial charge < -0.3 is 10.1 Å². The average Bonchev–Trinajstić information content (AvgIpc) is 2.86.